The number of carbonyl (C=O) groups is 4. The molecule has 0 aliphatic heterocycles. The zero-order valence-electron chi connectivity index (χ0n) is 19.9. The maximum atomic E-state index is 13.7. The summed E-state index contributed by atoms with van der Waals surface area (Å²) in [6.07, 6.45) is -2.39. The fourth-order valence-corrected chi connectivity index (χ4v) is 6.04. The first-order valence-corrected chi connectivity index (χ1v) is 11.6. The molecule has 1 saturated carbocycles. The Balaban J connectivity index is 2.10. The number of halogens is 1. The number of amides is 1. The quantitative estimate of drug-likeness (QED) is 0.248. The van der Waals surface area contributed by atoms with Gasteiger partial charge in [-0.05, 0) is 34.6 Å². The first-order valence-electron chi connectivity index (χ1n) is 11.2. The lowest BCUT2D eigenvalue weighted by molar-refractivity contribution is -0.160. The Hall–Kier alpha value is -3.21. The monoisotopic (exact) mass is 519 g/mol. The number of phenolic OH excluding ortho intramolecular Hbond substituents is 1. The molecule has 0 bridgehead atoms. The number of phenols is 1. The Kier molecular flexibility index (Phi) is 5.67. The molecule has 10 nitrogen and oxygen atoms in total. The van der Waals surface area contributed by atoms with E-state index < -0.39 is 92.4 Å². The number of benzene rings is 1. The van der Waals surface area contributed by atoms with Gasteiger partial charge in [0.15, 0.2) is 11.4 Å². The molecule has 0 aromatic heterocycles. The highest BCUT2D eigenvalue weighted by Gasteiger charge is 2.65. The van der Waals surface area contributed by atoms with Gasteiger partial charge in [0.1, 0.15) is 22.8 Å². The van der Waals surface area contributed by atoms with Crippen LogP contribution in [-0.4, -0.2) is 60.0 Å². The van der Waals surface area contributed by atoms with Crippen molar-refractivity contribution < 1.29 is 44.7 Å². The van der Waals surface area contributed by atoms with Crippen LogP contribution in [0.1, 0.15) is 67.1 Å². The van der Waals surface area contributed by atoms with E-state index in [2.05, 4.69) is 0 Å². The molecule has 0 heterocycles. The predicted octanol–water partition coefficient (Wildman–Crippen LogP) is 1.63. The molecule has 1 aromatic carbocycles. The summed E-state index contributed by atoms with van der Waals surface area (Å²) >= 11 is 5.87. The summed E-state index contributed by atoms with van der Waals surface area (Å²) in [5.74, 6) is -9.89. The number of aliphatic hydroxyl groups excluding tert-OH is 3. The van der Waals surface area contributed by atoms with Gasteiger partial charge in [-0.25, -0.2) is 0 Å². The number of Topliss-reactive ketones (excluding diaryl/α,β-unsaturated/α-hetero) is 2. The van der Waals surface area contributed by atoms with Crippen LogP contribution in [0.15, 0.2) is 23.0 Å². The van der Waals surface area contributed by atoms with Gasteiger partial charge in [-0.1, -0.05) is 27.7 Å². The Morgan fingerprint density at radius 2 is 1.75 bits per heavy atom. The van der Waals surface area contributed by atoms with Crippen molar-refractivity contribution in [2.45, 2.75) is 57.2 Å². The Morgan fingerprint density at radius 3 is 2.25 bits per heavy atom. The lowest BCUT2D eigenvalue weighted by Crippen LogP contribution is -2.64. The zero-order valence-corrected chi connectivity index (χ0v) is 20.7. The predicted molar refractivity (Wildman–Crippen MR) is 126 cm³/mol. The Morgan fingerprint density at radius 1 is 1.17 bits per heavy atom. The van der Waals surface area contributed by atoms with Crippen molar-refractivity contribution in [2.24, 2.45) is 17.6 Å². The lowest BCUT2D eigenvalue weighted by Gasteiger charge is -2.50. The fourth-order valence-electron chi connectivity index (χ4n) is 5.88. The van der Waals surface area contributed by atoms with Crippen molar-refractivity contribution in [1.82, 2.24) is 0 Å². The summed E-state index contributed by atoms with van der Waals surface area (Å²) < 4.78 is 0. The molecule has 5 atom stereocenters. The van der Waals surface area contributed by atoms with Gasteiger partial charge in [-0.15, -0.1) is 0 Å². The molecule has 1 amide bonds. The second-order valence-electron chi connectivity index (χ2n) is 10.6. The lowest BCUT2D eigenvalue weighted by atomic mass is 9.55. The minimum absolute atomic E-state index is 0.0496. The van der Waals surface area contributed by atoms with Gasteiger partial charge in [0.25, 0.3) is 11.1 Å². The number of ketones is 2. The second kappa shape index (κ2) is 7.89. The summed E-state index contributed by atoms with van der Waals surface area (Å²) in [4.78, 5) is 50.4. The highest BCUT2D eigenvalue weighted by Crippen LogP contribution is 2.57. The summed E-state index contributed by atoms with van der Waals surface area (Å²) in [5.41, 5.74) is 0.0280. The van der Waals surface area contributed by atoms with Crippen LogP contribution in [0.3, 0.4) is 0 Å². The molecule has 11 heteroatoms. The number of nitrogens with two attached hydrogens (primary N) is 1. The molecule has 0 radical (unpaired) electrons. The van der Waals surface area contributed by atoms with Gasteiger partial charge in [-0.3, -0.25) is 19.2 Å². The van der Waals surface area contributed by atoms with Gasteiger partial charge < -0.3 is 31.3 Å². The maximum Gasteiger partial charge on any atom is 0.255 e. The number of carbonyl (C=O) groups excluding carboxylic acids is 4. The van der Waals surface area contributed by atoms with E-state index in [1.165, 1.54) is 13.0 Å². The molecule has 0 spiro atoms. The highest BCUT2D eigenvalue weighted by atomic mass is 35.5. The van der Waals surface area contributed by atoms with E-state index in [9.17, 15) is 44.7 Å². The van der Waals surface area contributed by atoms with Gasteiger partial charge in [0, 0.05) is 35.0 Å². The smallest absolute Gasteiger partial charge is 0.255 e. The molecule has 3 aliphatic carbocycles. The van der Waals surface area contributed by atoms with Crippen LogP contribution in [0.4, 0.5) is 0 Å². The van der Waals surface area contributed by atoms with E-state index in [1.807, 2.05) is 0 Å². The van der Waals surface area contributed by atoms with Crippen LogP contribution in [0.5, 0.6) is 5.75 Å². The molecule has 192 valence electrons. The van der Waals surface area contributed by atoms with Crippen molar-refractivity contribution in [3.05, 3.63) is 45.2 Å². The SMILES string of the molecule is C[C@H]1c2c(C(=O)Cl)cc(C(C)(C)C)c(O)c2C(O)=C2C(=O)[C@]3(O)C(O)=C(C(N)=O)C(=O)C[C@@H]3[C@@H](O)[C@@H]21. The molecule has 3 aliphatic rings. The van der Waals surface area contributed by atoms with E-state index in [4.69, 9.17) is 17.3 Å². The van der Waals surface area contributed by atoms with Crippen molar-refractivity contribution in [3.63, 3.8) is 0 Å². The van der Waals surface area contributed by atoms with E-state index >= 15 is 0 Å². The molecule has 1 aromatic rings. The topological polar surface area (TPSA) is 195 Å². The van der Waals surface area contributed by atoms with Crippen LogP contribution >= 0.6 is 11.6 Å². The molecule has 0 unspecified atom stereocenters. The summed E-state index contributed by atoms with van der Waals surface area (Å²) in [6.45, 7) is 6.76. The minimum Gasteiger partial charge on any atom is -0.508 e. The molecule has 36 heavy (non-hydrogen) atoms. The Bertz CT molecular complexity index is 1340. The molecule has 0 saturated heterocycles. The number of aliphatic hydroxyl groups is 4. The molecule has 1 fully saturated rings. The fraction of sp³-hybridized carbons (Fsp3) is 0.440. The summed E-state index contributed by atoms with van der Waals surface area (Å²) in [6, 6.07) is 1.39. The van der Waals surface area contributed by atoms with Gasteiger partial charge in [-0.2, -0.15) is 0 Å². The van der Waals surface area contributed by atoms with Crippen LogP contribution in [0.2, 0.25) is 0 Å². The van der Waals surface area contributed by atoms with E-state index in [0.29, 0.717) is 0 Å². The van der Waals surface area contributed by atoms with Gasteiger partial charge in [0.2, 0.25) is 5.78 Å². The standard InChI is InChI=1S/C25H26ClNO9/c1-7-12-8(22(26)34)5-9(24(2,3)4)17(29)15(12)19(31)16-13(7)18(30)10-6-11(28)14(23(27)35)20(32)25(10,36)21(16)33/h5,7,10,13,18,29-32,36H,6H2,1-4H3,(H2,27,35)/t7-,10+,13+,18+,25+/m0/s1. The number of aromatic hydroxyl groups is 1. The zero-order chi connectivity index (χ0) is 27.2. The van der Waals surface area contributed by atoms with Crippen LogP contribution in [0, 0.1) is 11.8 Å². The number of fused-ring (bicyclic) bond motifs is 3. The normalized spacial score (nSPS) is 30.1. The largest absolute Gasteiger partial charge is 0.508 e. The number of hydrogen-bond donors (Lipinski definition) is 6. The van der Waals surface area contributed by atoms with Crippen molar-refractivity contribution >= 4 is 40.1 Å². The van der Waals surface area contributed by atoms with Crippen LogP contribution in [-0.2, 0) is 19.8 Å². The third-order valence-corrected chi connectivity index (χ3v) is 7.82. The van der Waals surface area contributed by atoms with E-state index in [0.717, 1.165) is 0 Å². The molecular formula is C25H26ClNO9. The summed E-state index contributed by atoms with van der Waals surface area (Å²) in [7, 11) is 0. The van der Waals surface area contributed by atoms with Gasteiger partial charge in [0.05, 0.1) is 11.7 Å². The summed E-state index contributed by atoms with van der Waals surface area (Å²) in [5, 5.41) is 54.9. The first-order chi connectivity index (χ1) is 16.5. The number of rotatable bonds is 2. The van der Waals surface area contributed by atoms with Crippen LogP contribution in [0.25, 0.3) is 5.76 Å². The first kappa shape index (κ1) is 25.9. The van der Waals surface area contributed by atoms with Crippen LogP contribution < -0.4 is 5.73 Å². The second-order valence-corrected chi connectivity index (χ2v) is 11.0. The molecule has 7 N–H and O–H groups in total. The molecule has 4 rings (SSSR count). The van der Waals surface area contributed by atoms with Gasteiger partial charge >= 0.3 is 0 Å². The van der Waals surface area contributed by atoms with Crippen molar-refractivity contribution in [3.8, 4) is 5.75 Å². The third-order valence-electron chi connectivity index (χ3n) is 7.62. The highest BCUT2D eigenvalue weighted by molar-refractivity contribution is 6.68. The average Bonchev–Trinajstić information content (AvgIpc) is 2.75. The van der Waals surface area contributed by atoms with E-state index in [1.54, 1.807) is 20.8 Å². The minimum atomic E-state index is -2.93. The molecular weight excluding hydrogens is 494 g/mol. The number of primary amides is 1. The number of hydrogen-bond acceptors (Lipinski definition) is 9. The third kappa shape index (κ3) is 3.17. The Labute approximate surface area is 210 Å². The van der Waals surface area contributed by atoms with Crippen molar-refractivity contribution in [2.75, 3.05) is 0 Å². The maximum absolute atomic E-state index is 13.7. The van der Waals surface area contributed by atoms with E-state index in [-0.39, 0.29) is 22.3 Å². The van der Waals surface area contributed by atoms with Crippen molar-refractivity contribution in [1.29, 1.82) is 0 Å². The average molecular weight is 520 g/mol.